The van der Waals surface area contributed by atoms with Gasteiger partial charge in [0.1, 0.15) is 24.9 Å². The number of alkyl carbamates (subject to hydrolysis) is 1. The topological polar surface area (TPSA) is 119 Å². The van der Waals surface area contributed by atoms with E-state index in [4.69, 9.17) is 9.47 Å². The monoisotopic (exact) mass is 439 g/mol. The molecule has 9 nitrogen and oxygen atoms in total. The lowest BCUT2D eigenvalue weighted by Crippen LogP contribution is -2.49. The zero-order chi connectivity index (χ0) is 22.9. The van der Waals surface area contributed by atoms with Crippen LogP contribution in [-0.2, 0) is 32.1 Å². The second-order valence-electron chi connectivity index (χ2n) is 6.95. The maximum atomic E-state index is 12.8. The van der Waals surface area contributed by atoms with Gasteiger partial charge in [-0.2, -0.15) is 0 Å². The number of H-pyrrole nitrogens is 1. The Hall–Kier alpha value is -4.01. The van der Waals surface area contributed by atoms with Crippen molar-refractivity contribution >= 4 is 28.9 Å². The van der Waals surface area contributed by atoms with Crippen LogP contribution in [0.25, 0.3) is 10.9 Å². The molecule has 0 aliphatic rings. The molecule has 1 heterocycles. The van der Waals surface area contributed by atoms with Crippen LogP contribution >= 0.6 is 0 Å². The van der Waals surface area contributed by atoms with Crippen molar-refractivity contribution in [1.82, 2.24) is 15.6 Å². The van der Waals surface area contributed by atoms with E-state index in [1.54, 1.807) is 13.3 Å². The van der Waals surface area contributed by atoms with Crippen LogP contribution in [0.4, 0.5) is 4.79 Å². The lowest BCUT2D eigenvalue weighted by Gasteiger charge is -2.18. The highest BCUT2D eigenvalue weighted by atomic mass is 16.5. The van der Waals surface area contributed by atoms with Gasteiger partial charge >= 0.3 is 12.1 Å². The first-order valence-electron chi connectivity index (χ1n) is 9.96. The van der Waals surface area contributed by atoms with Gasteiger partial charge in [0.2, 0.25) is 5.91 Å². The van der Waals surface area contributed by atoms with Crippen molar-refractivity contribution in [3.05, 3.63) is 65.9 Å². The standard InChI is InChI=1S/C23H25N3O6/c1-30-19-10-6-9-17-21(19)16(12-24-17)11-18(22(28)25-13-20(27)31-2)26-23(29)32-14-15-7-4-3-5-8-15/h3-10,12,18,24H,11,13-14H2,1-2H3,(H,25,28)(H,26,29). The van der Waals surface area contributed by atoms with Gasteiger partial charge in [0.15, 0.2) is 0 Å². The van der Waals surface area contributed by atoms with Crippen molar-refractivity contribution in [3.8, 4) is 5.75 Å². The van der Waals surface area contributed by atoms with Crippen molar-refractivity contribution in [2.45, 2.75) is 19.1 Å². The summed E-state index contributed by atoms with van der Waals surface area (Å²) in [4.78, 5) is 39.7. The molecule has 2 aromatic carbocycles. The second-order valence-corrected chi connectivity index (χ2v) is 6.95. The SMILES string of the molecule is COC(=O)CNC(=O)C(Cc1c[nH]c2cccc(OC)c12)NC(=O)OCc1ccccc1. The summed E-state index contributed by atoms with van der Waals surface area (Å²) in [5.41, 5.74) is 2.41. The Morgan fingerprint density at radius 3 is 2.53 bits per heavy atom. The summed E-state index contributed by atoms with van der Waals surface area (Å²) in [5, 5.41) is 5.87. The molecule has 1 atom stereocenters. The molecular formula is C23H25N3O6. The number of amides is 2. The third-order valence-corrected chi connectivity index (χ3v) is 4.85. The van der Waals surface area contributed by atoms with Crippen LogP contribution in [-0.4, -0.2) is 49.8 Å². The smallest absolute Gasteiger partial charge is 0.408 e. The van der Waals surface area contributed by atoms with Crippen LogP contribution in [0.1, 0.15) is 11.1 Å². The van der Waals surface area contributed by atoms with Gasteiger partial charge in [-0.1, -0.05) is 36.4 Å². The van der Waals surface area contributed by atoms with E-state index in [-0.39, 0.29) is 19.6 Å². The molecule has 9 heteroatoms. The molecule has 1 unspecified atom stereocenters. The molecule has 0 radical (unpaired) electrons. The highest BCUT2D eigenvalue weighted by Crippen LogP contribution is 2.29. The molecule has 3 rings (SSSR count). The molecule has 0 saturated carbocycles. The average Bonchev–Trinajstić information content (AvgIpc) is 3.24. The van der Waals surface area contributed by atoms with Gasteiger partial charge in [-0.15, -0.1) is 0 Å². The van der Waals surface area contributed by atoms with Crippen molar-refractivity contribution < 1.29 is 28.6 Å². The predicted octanol–water partition coefficient (Wildman–Crippen LogP) is 2.30. The summed E-state index contributed by atoms with van der Waals surface area (Å²) in [6.45, 7) is -0.256. The van der Waals surface area contributed by atoms with E-state index < -0.39 is 24.0 Å². The molecule has 3 aromatic rings. The van der Waals surface area contributed by atoms with E-state index in [1.165, 1.54) is 7.11 Å². The number of benzene rings is 2. The number of aromatic nitrogens is 1. The van der Waals surface area contributed by atoms with Crippen molar-refractivity contribution in [2.75, 3.05) is 20.8 Å². The Morgan fingerprint density at radius 1 is 1.03 bits per heavy atom. The summed E-state index contributed by atoms with van der Waals surface area (Å²) in [6, 6.07) is 13.7. The number of carbonyl (C=O) groups is 3. The van der Waals surface area contributed by atoms with Crippen molar-refractivity contribution in [2.24, 2.45) is 0 Å². The number of hydrogen-bond acceptors (Lipinski definition) is 6. The predicted molar refractivity (Wildman–Crippen MR) is 117 cm³/mol. The largest absolute Gasteiger partial charge is 0.496 e. The number of ether oxygens (including phenoxy) is 3. The minimum absolute atomic E-state index is 0.0596. The molecule has 0 bridgehead atoms. The van der Waals surface area contributed by atoms with Crippen LogP contribution in [0.3, 0.4) is 0 Å². The van der Waals surface area contributed by atoms with E-state index in [2.05, 4.69) is 20.4 Å². The summed E-state index contributed by atoms with van der Waals surface area (Å²) in [6.07, 6.45) is 1.15. The van der Waals surface area contributed by atoms with Gasteiger partial charge in [0.05, 0.1) is 14.2 Å². The van der Waals surface area contributed by atoms with E-state index >= 15 is 0 Å². The fraction of sp³-hybridized carbons (Fsp3) is 0.261. The molecule has 0 spiro atoms. The van der Waals surface area contributed by atoms with Crippen LogP contribution in [0.2, 0.25) is 0 Å². The number of carbonyl (C=O) groups excluding carboxylic acids is 3. The minimum Gasteiger partial charge on any atom is -0.496 e. The molecule has 32 heavy (non-hydrogen) atoms. The summed E-state index contributed by atoms with van der Waals surface area (Å²) >= 11 is 0. The first-order chi connectivity index (χ1) is 15.5. The molecule has 0 aliphatic carbocycles. The number of fused-ring (bicyclic) bond motifs is 1. The normalized spacial score (nSPS) is 11.4. The van der Waals surface area contributed by atoms with Crippen LogP contribution < -0.4 is 15.4 Å². The number of nitrogens with one attached hydrogen (secondary N) is 3. The maximum Gasteiger partial charge on any atom is 0.408 e. The number of hydrogen-bond donors (Lipinski definition) is 3. The zero-order valence-corrected chi connectivity index (χ0v) is 17.8. The molecule has 2 amide bonds. The molecule has 0 aliphatic heterocycles. The number of aromatic amines is 1. The first kappa shape index (κ1) is 22.7. The molecule has 168 valence electrons. The fourth-order valence-corrected chi connectivity index (χ4v) is 3.24. The van der Waals surface area contributed by atoms with Crippen LogP contribution in [0.15, 0.2) is 54.7 Å². The highest BCUT2D eigenvalue weighted by Gasteiger charge is 2.24. The minimum atomic E-state index is -0.994. The summed E-state index contributed by atoms with van der Waals surface area (Å²) in [7, 11) is 2.79. The van der Waals surface area contributed by atoms with Gasteiger partial charge in [0.25, 0.3) is 0 Å². The zero-order valence-electron chi connectivity index (χ0n) is 17.8. The maximum absolute atomic E-state index is 12.8. The van der Waals surface area contributed by atoms with Crippen molar-refractivity contribution in [3.63, 3.8) is 0 Å². The number of methoxy groups -OCH3 is 2. The Bertz CT molecular complexity index is 1080. The first-order valence-corrected chi connectivity index (χ1v) is 9.96. The lowest BCUT2D eigenvalue weighted by atomic mass is 10.0. The summed E-state index contributed by atoms with van der Waals surface area (Å²) < 4.78 is 15.2. The second kappa shape index (κ2) is 10.9. The van der Waals surface area contributed by atoms with E-state index in [9.17, 15) is 14.4 Å². The van der Waals surface area contributed by atoms with Crippen molar-refractivity contribution in [1.29, 1.82) is 0 Å². The molecule has 0 fully saturated rings. The summed E-state index contributed by atoms with van der Waals surface area (Å²) in [5.74, 6) is -0.507. The van der Waals surface area contributed by atoms with Gasteiger partial charge in [-0.3, -0.25) is 9.59 Å². The Labute approximate surface area is 185 Å². The van der Waals surface area contributed by atoms with Gasteiger partial charge < -0.3 is 29.8 Å². The van der Waals surface area contributed by atoms with E-state index in [1.807, 2.05) is 48.5 Å². The molecule has 1 aromatic heterocycles. The third-order valence-electron chi connectivity index (χ3n) is 4.85. The third kappa shape index (κ3) is 5.78. The Kier molecular flexibility index (Phi) is 7.69. The number of esters is 1. The van der Waals surface area contributed by atoms with E-state index in [0.29, 0.717) is 5.75 Å². The fourth-order valence-electron chi connectivity index (χ4n) is 3.24. The Balaban J connectivity index is 1.75. The lowest BCUT2D eigenvalue weighted by molar-refractivity contribution is -0.141. The van der Waals surface area contributed by atoms with Gasteiger partial charge in [-0.05, 0) is 23.3 Å². The van der Waals surface area contributed by atoms with Gasteiger partial charge in [0, 0.05) is 23.5 Å². The highest BCUT2D eigenvalue weighted by molar-refractivity contribution is 5.92. The van der Waals surface area contributed by atoms with Crippen LogP contribution in [0, 0.1) is 0 Å². The van der Waals surface area contributed by atoms with Gasteiger partial charge in [-0.25, -0.2) is 4.79 Å². The average molecular weight is 439 g/mol. The van der Waals surface area contributed by atoms with E-state index in [0.717, 1.165) is 22.0 Å². The number of rotatable bonds is 9. The molecule has 0 saturated heterocycles. The quantitative estimate of drug-likeness (QED) is 0.440. The molecule has 3 N–H and O–H groups in total. The Morgan fingerprint density at radius 2 is 1.81 bits per heavy atom. The molecular weight excluding hydrogens is 414 g/mol. The van der Waals surface area contributed by atoms with Crippen LogP contribution in [0.5, 0.6) is 5.75 Å².